The van der Waals surface area contributed by atoms with Gasteiger partial charge in [-0.15, -0.1) is 5.76 Å². The lowest BCUT2D eigenvalue weighted by Crippen LogP contribution is -2.26. The molecule has 1 N–H and O–H groups in total. The van der Waals surface area contributed by atoms with Crippen molar-refractivity contribution in [3.05, 3.63) is 101 Å². The normalized spacial score (nSPS) is 18.3. The molecule has 4 rings (SSSR count). The van der Waals surface area contributed by atoms with Crippen molar-refractivity contribution in [3.8, 4) is 5.75 Å². The molecule has 2 aliphatic rings. The highest BCUT2D eigenvalue weighted by atomic mass is 16.5. The van der Waals surface area contributed by atoms with Crippen LogP contribution in [0.3, 0.4) is 0 Å². The van der Waals surface area contributed by atoms with Crippen LogP contribution >= 0.6 is 0 Å². The Hall–Kier alpha value is -3.53. The maximum absolute atomic E-state index is 13.1. The second kappa shape index (κ2) is 10.4. The number of rotatable bonds is 8. The lowest BCUT2D eigenvalue weighted by molar-refractivity contribution is -0.300. The molecule has 2 aliphatic carbocycles. The monoisotopic (exact) mass is 440 g/mol. The molecule has 0 heterocycles. The topological polar surface area (TPSA) is 61.4 Å². The fourth-order valence-corrected chi connectivity index (χ4v) is 4.60. The zero-order chi connectivity index (χ0) is 23.2. The highest BCUT2D eigenvalue weighted by Crippen LogP contribution is 2.48. The zero-order valence-electron chi connectivity index (χ0n) is 19.3. The van der Waals surface area contributed by atoms with Crippen molar-refractivity contribution in [1.29, 1.82) is 0 Å². The molecule has 4 nitrogen and oxygen atoms in total. The number of ether oxygens (including phenoxy) is 1. The first kappa shape index (κ1) is 22.7. The summed E-state index contributed by atoms with van der Waals surface area (Å²) in [6.45, 7) is 4.51. The maximum Gasteiger partial charge on any atom is 0.252 e. The number of fused-ring (bicyclic) bond motifs is 1. The summed E-state index contributed by atoms with van der Waals surface area (Å²) in [6.07, 6.45) is 10.9. The maximum atomic E-state index is 13.1. The van der Waals surface area contributed by atoms with Crippen molar-refractivity contribution in [2.75, 3.05) is 13.2 Å². The minimum absolute atomic E-state index is 0.0563. The first-order valence-corrected chi connectivity index (χ1v) is 11.7. The van der Waals surface area contributed by atoms with Crippen LogP contribution in [0, 0.1) is 5.92 Å². The number of amides is 1. The number of hydrogen-bond donors (Lipinski definition) is 1. The van der Waals surface area contributed by atoms with E-state index in [1.165, 1.54) is 12.5 Å². The highest BCUT2D eigenvalue weighted by molar-refractivity contribution is 6.20. The Kier molecular flexibility index (Phi) is 7.13. The van der Waals surface area contributed by atoms with Crippen LogP contribution in [0.25, 0.3) is 11.1 Å². The summed E-state index contributed by atoms with van der Waals surface area (Å²) in [5.41, 5.74) is 4.95. The van der Waals surface area contributed by atoms with E-state index in [-0.39, 0.29) is 17.6 Å². The van der Waals surface area contributed by atoms with Gasteiger partial charge < -0.3 is 15.2 Å². The predicted molar refractivity (Wildman–Crippen MR) is 131 cm³/mol. The van der Waals surface area contributed by atoms with E-state index in [4.69, 9.17) is 4.74 Å². The SMILES string of the molecule is CCNC(=O)C1=C(C2C=CC=CC2)c2ccc(OCCCc3ccccc3)cc2/C1=C(/C)[O-]. The van der Waals surface area contributed by atoms with Gasteiger partial charge in [0.15, 0.2) is 0 Å². The van der Waals surface area contributed by atoms with E-state index in [1.807, 2.05) is 55.5 Å². The Labute approximate surface area is 196 Å². The quantitative estimate of drug-likeness (QED) is 0.473. The van der Waals surface area contributed by atoms with Gasteiger partial charge in [-0.1, -0.05) is 67.6 Å². The molecule has 33 heavy (non-hydrogen) atoms. The second-order valence-electron chi connectivity index (χ2n) is 8.38. The average molecular weight is 441 g/mol. The standard InChI is InChI=1S/C29H31NO3/c1-3-30-29(32)28-26(20(2)31)25-19-23(33-18-10-13-21-11-6-4-7-12-21)16-17-24(25)27(28)22-14-8-5-9-15-22/h4-9,11-12,14,16-17,19,22,31H,3,10,13,15,18H2,1-2H3,(H,30,32)/p-1/b26-20+. The fourth-order valence-electron chi connectivity index (χ4n) is 4.60. The van der Waals surface area contributed by atoms with E-state index >= 15 is 0 Å². The Bertz CT molecular complexity index is 1130. The third-order valence-corrected chi connectivity index (χ3v) is 6.06. The molecule has 4 heteroatoms. The number of carbonyl (C=O) groups excluding carboxylic acids is 1. The molecular formula is C29H30NO3-. The lowest BCUT2D eigenvalue weighted by atomic mass is 9.87. The van der Waals surface area contributed by atoms with Gasteiger partial charge in [-0.25, -0.2) is 0 Å². The third-order valence-electron chi connectivity index (χ3n) is 6.06. The Morgan fingerprint density at radius 2 is 1.94 bits per heavy atom. The number of hydrogen-bond acceptors (Lipinski definition) is 3. The molecule has 1 amide bonds. The molecule has 0 saturated carbocycles. The first-order chi connectivity index (χ1) is 16.1. The molecule has 2 aromatic rings. The predicted octanol–water partition coefficient (Wildman–Crippen LogP) is 4.83. The van der Waals surface area contributed by atoms with Crippen molar-refractivity contribution < 1.29 is 14.6 Å². The van der Waals surface area contributed by atoms with Gasteiger partial charge in [-0.2, -0.15) is 0 Å². The van der Waals surface area contributed by atoms with Crippen molar-refractivity contribution in [2.24, 2.45) is 5.92 Å². The van der Waals surface area contributed by atoms with Crippen LogP contribution in [0.4, 0.5) is 0 Å². The summed E-state index contributed by atoms with van der Waals surface area (Å²) in [5.74, 6) is 0.475. The number of allylic oxidation sites excluding steroid dienone is 6. The minimum Gasteiger partial charge on any atom is -0.875 e. The summed E-state index contributed by atoms with van der Waals surface area (Å²) in [5, 5.41) is 15.7. The summed E-state index contributed by atoms with van der Waals surface area (Å²) in [7, 11) is 0. The minimum atomic E-state index is -0.192. The van der Waals surface area contributed by atoms with Crippen molar-refractivity contribution in [2.45, 2.75) is 33.1 Å². The van der Waals surface area contributed by atoms with Crippen LogP contribution < -0.4 is 15.2 Å². The lowest BCUT2D eigenvalue weighted by Gasteiger charge is -2.19. The summed E-state index contributed by atoms with van der Waals surface area (Å²) in [4.78, 5) is 13.1. The number of aryl methyl sites for hydroxylation is 1. The number of carbonyl (C=O) groups is 1. The first-order valence-electron chi connectivity index (χ1n) is 11.7. The van der Waals surface area contributed by atoms with Crippen LogP contribution in [0.1, 0.15) is 43.4 Å². The molecule has 0 aromatic heterocycles. The van der Waals surface area contributed by atoms with Gasteiger partial charge in [-0.3, -0.25) is 4.79 Å². The Morgan fingerprint density at radius 1 is 1.12 bits per heavy atom. The van der Waals surface area contributed by atoms with Gasteiger partial charge in [0, 0.05) is 12.5 Å². The van der Waals surface area contributed by atoms with E-state index in [1.54, 1.807) is 0 Å². The van der Waals surface area contributed by atoms with E-state index in [2.05, 4.69) is 29.6 Å². The van der Waals surface area contributed by atoms with Gasteiger partial charge >= 0.3 is 0 Å². The van der Waals surface area contributed by atoms with Crippen LogP contribution in [-0.2, 0) is 11.2 Å². The van der Waals surface area contributed by atoms with Crippen LogP contribution in [0.2, 0.25) is 0 Å². The van der Waals surface area contributed by atoms with E-state index in [9.17, 15) is 9.90 Å². The molecule has 1 unspecified atom stereocenters. The molecule has 0 aliphatic heterocycles. The van der Waals surface area contributed by atoms with Gasteiger partial charge in [0.25, 0.3) is 5.91 Å². The summed E-state index contributed by atoms with van der Waals surface area (Å²) >= 11 is 0. The Balaban J connectivity index is 1.61. The summed E-state index contributed by atoms with van der Waals surface area (Å²) in [6, 6.07) is 16.2. The number of benzene rings is 2. The van der Waals surface area contributed by atoms with E-state index < -0.39 is 0 Å². The number of nitrogens with one attached hydrogen (secondary N) is 1. The summed E-state index contributed by atoms with van der Waals surface area (Å²) < 4.78 is 6.04. The molecule has 0 bridgehead atoms. The van der Waals surface area contributed by atoms with Gasteiger partial charge in [0.05, 0.1) is 12.2 Å². The van der Waals surface area contributed by atoms with Gasteiger partial charge in [-0.05, 0) is 66.2 Å². The molecule has 0 radical (unpaired) electrons. The fraction of sp³-hybridized carbons (Fsp3) is 0.276. The van der Waals surface area contributed by atoms with Crippen molar-refractivity contribution in [1.82, 2.24) is 5.32 Å². The highest BCUT2D eigenvalue weighted by Gasteiger charge is 2.34. The second-order valence-corrected chi connectivity index (χ2v) is 8.38. The number of likely N-dealkylation sites (N-methyl/N-ethyl adjacent to an activating group) is 1. The van der Waals surface area contributed by atoms with Gasteiger partial charge in [0.1, 0.15) is 5.75 Å². The van der Waals surface area contributed by atoms with Crippen LogP contribution in [0.5, 0.6) is 5.75 Å². The largest absolute Gasteiger partial charge is 0.875 e. The average Bonchev–Trinajstić information content (AvgIpc) is 3.18. The Morgan fingerprint density at radius 3 is 2.64 bits per heavy atom. The molecule has 170 valence electrons. The van der Waals surface area contributed by atoms with E-state index in [0.717, 1.165) is 41.7 Å². The molecular weight excluding hydrogens is 410 g/mol. The molecule has 0 spiro atoms. The third kappa shape index (κ3) is 4.95. The van der Waals surface area contributed by atoms with Crippen molar-refractivity contribution >= 4 is 17.1 Å². The smallest absolute Gasteiger partial charge is 0.252 e. The zero-order valence-corrected chi connectivity index (χ0v) is 19.3. The van der Waals surface area contributed by atoms with Crippen LogP contribution in [0.15, 0.2) is 84.2 Å². The molecule has 0 fully saturated rings. The van der Waals surface area contributed by atoms with Crippen LogP contribution in [-0.4, -0.2) is 19.1 Å². The molecule has 2 aromatic carbocycles. The van der Waals surface area contributed by atoms with Gasteiger partial charge in [0.2, 0.25) is 0 Å². The van der Waals surface area contributed by atoms with Crippen molar-refractivity contribution in [3.63, 3.8) is 0 Å². The molecule has 1 atom stereocenters. The van der Waals surface area contributed by atoms with E-state index in [0.29, 0.717) is 24.3 Å². The molecule has 0 saturated heterocycles.